The summed E-state index contributed by atoms with van der Waals surface area (Å²) < 4.78 is 29.9. The highest BCUT2D eigenvalue weighted by atomic mass is 19.2. The molecule has 0 aliphatic heterocycles. The van der Waals surface area contributed by atoms with Gasteiger partial charge in [-0.15, -0.1) is 0 Å². The molecule has 1 aromatic rings. The second-order valence-corrected chi connectivity index (χ2v) is 3.42. The Morgan fingerprint density at radius 1 is 1.44 bits per heavy atom. The fraction of sp³-hybridized carbons (Fsp3) is 0.364. The summed E-state index contributed by atoms with van der Waals surface area (Å²) in [5, 5.41) is 0. The first kappa shape index (κ1) is 12.6. The average Bonchev–Trinajstić information content (AvgIpc) is 2.29. The quantitative estimate of drug-likeness (QED) is 0.794. The maximum absolute atomic E-state index is 12.8. The predicted molar refractivity (Wildman–Crippen MR) is 54.7 cm³/mol. The number of hydrogen-bond acceptors (Lipinski definition) is 3. The van der Waals surface area contributed by atoms with Crippen LogP contribution in [-0.4, -0.2) is 19.1 Å². The van der Waals surface area contributed by atoms with E-state index in [1.807, 2.05) is 0 Å². The molecule has 0 saturated carbocycles. The van der Waals surface area contributed by atoms with Gasteiger partial charge < -0.3 is 10.5 Å². The first-order valence-electron chi connectivity index (χ1n) is 4.82. The van der Waals surface area contributed by atoms with Crippen LogP contribution < -0.4 is 5.73 Å². The molecule has 0 aliphatic carbocycles. The number of nitrogens with two attached hydrogens (primary N) is 1. The van der Waals surface area contributed by atoms with Crippen molar-refractivity contribution in [3.63, 3.8) is 0 Å². The monoisotopic (exact) mass is 229 g/mol. The summed E-state index contributed by atoms with van der Waals surface area (Å²) in [4.78, 5) is 11.0. The lowest BCUT2D eigenvalue weighted by atomic mass is 10.1. The van der Waals surface area contributed by atoms with E-state index >= 15 is 0 Å². The van der Waals surface area contributed by atoms with Gasteiger partial charge in [0.2, 0.25) is 0 Å². The zero-order valence-electron chi connectivity index (χ0n) is 8.87. The van der Waals surface area contributed by atoms with Crippen LogP contribution in [0.2, 0.25) is 0 Å². The number of rotatable bonds is 4. The van der Waals surface area contributed by atoms with Crippen LogP contribution in [0.3, 0.4) is 0 Å². The van der Waals surface area contributed by atoms with Gasteiger partial charge in [-0.3, -0.25) is 4.79 Å². The van der Waals surface area contributed by atoms with Crippen LogP contribution in [0.1, 0.15) is 12.0 Å². The van der Waals surface area contributed by atoms with E-state index in [1.54, 1.807) is 0 Å². The van der Waals surface area contributed by atoms with Crippen molar-refractivity contribution in [2.45, 2.75) is 18.9 Å². The molecule has 0 aliphatic rings. The number of carbonyl (C=O) groups is 1. The normalized spacial score (nSPS) is 12.2. The van der Waals surface area contributed by atoms with Crippen LogP contribution in [0.4, 0.5) is 8.78 Å². The highest BCUT2D eigenvalue weighted by molar-refractivity contribution is 5.75. The average molecular weight is 229 g/mol. The van der Waals surface area contributed by atoms with Gasteiger partial charge in [0.05, 0.1) is 7.11 Å². The van der Waals surface area contributed by atoms with Crippen molar-refractivity contribution < 1.29 is 18.3 Å². The molecule has 0 fully saturated rings. The van der Waals surface area contributed by atoms with E-state index in [9.17, 15) is 13.6 Å². The summed E-state index contributed by atoms with van der Waals surface area (Å²) in [6, 6.07) is 2.87. The van der Waals surface area contributed by atoms with Crippen LogP contribution in [0.15, 0.2) is 18.2 Å². The van der Waals surface area contributed by atoms with Crippen LogP contribution in [0.25, 0.3) is 0 Å². The van der Waals surface area contributed by atoms with Gasteiger partial charge in [0.1, 0.15) is 6.04 Å². The lowest BCUT2D eigenvalue weighted by Crippen LogP contribution is -2.31. The molecule has 1 unspecified atom stereocenters. The smallest absolute Gasteiger partial charge is 0.322 e. The minimum atomic E-state index is -0.899. The number of esters is 1. The lowest BCUT2D eigenvalue weighted by Gasteiger charge is -2.08. The molecule has 1 rings (SSSR count). The summed E-state index contributed by atoms with van der Waals surface area (Å²) >= 11 is 0. The van der Waals surface area contributed by atoms with E-state index < -0.39 is 23.6 Å². The molecule has 1 atom stereocenters. The first-order valence-corrected chi connectivity index (χ1v) is 4.82. The Morgan fingerprint density at radius 2 is 2.12 bits per heavy atom. The maximum Gasteiger partial charge on any atom is 0.322 e. The molecule has 5 heteroatoms. The number of aryl methyl sites for hydroxylation is 1. The molecule has 0 spiro atoms. The van der Waals surface area contributed by atoms with E-state index in [1.165, 1.54) is 13.2 Å². The third-order valence-electron chi connectivity index (χ3n) is 2.23. The van der Waals surface area contributed by atoms with Gasteiger partial charge in [-0.2, -0.15) is 0 Å². The molecule has 0 radical (unpaired) electrons. The van der Waals surface area contributed by atoms with Gasteiger partial charge in [0, 0.05) is 0 Å². The summed E-state index contributed by atoms with van der Waals surface area (Å²) in [5.41, 5.74) is 6.10. The van der Waals surface area contributed by atoms with Gasteiger partial charge in [-0.1, -0.05) is 6.07 Å². The molecule has 2 N–H and O–H groups in total. The van der Waals surface area contributed by atoms with E-state index in [-0.39, 0.29) is 0 Å². The Hall–Kier alpha value is -1.49. The lowest BCUT2D eigenvalue weighted by molar-refractivity contribution is -0.142. The second kappa shape index (κ2) is 5.55. The fourth-order valence-corrected chi connectivity index (χ4v) is 1.29. The third kappa shape index (κ3) is 3.27. The fourth-order valence-electron chi connectivity index (χ4n) is 1.29. The first-order chi connectivity index (χ1) is 7.54. The van der Waals surface area contributed by atoms with Crippen LogP contribution >= 0.6 is 0 Å². The standard InChI is InChI=1S/C11H13F2NO2/c1-16-11(15)10(14)5-3-7-2-4-8(12)9(13)6-7/h2,4,6,10H,3,5,14H2,1H3. The van der Waals surface area contributed by atoms with Crippen LogP contribution in [0.5, 0.6) is 0 Å². The third-order valence-corrected chi connectivity index (χ3v) is 2.23. The summed E-state index contributed by atoms with van der Waals surface area (Å²) in [6.45, 7) is 0. The van der Waals surface area contributed by atoms with Crippen molar-refractivity contribution in [2.75, 3.05) is 7.11 Å². The summed E-state index contributed by atoms with van der Waals surface area (Å²) in [7, 11) is 1.25. The SMILES string of the molecule is COC(=O)C(N)CCc1ccc(F)c(F)c1. The van der Waals surface area contributed by atoms with E-state index in [2.05, 4.69) is 4.74 Å². The predicted octanol–water partition coefficient (Wildman–Crippen LogP) is 1.40. The minimum Gasteiger partial charge on any atom is -0.468 e. The Morgan fingerprint density at radius 3 is 2.69 bits per heavy atom. The van der Waals surface area contributed by atoms with Crippen molar-refractivity contribution in [2.24, 2.45) is 5.73 Å². The van der Waals surface area contributed by atoms with E-state index in [0.717, 1.165) is 12.1 Å². The molecule has 0 saturated heterocycles. The highest BCUT2D eigenvalue weighted by Crippen LogP contribution is 2.11. The minimum absolute atomic E-state index is 0.331. The Labute approximate surface area is 92.2 Å². The Bertz CT molecular complexity index is 382. The van der Waals surface area contributed by atoms with E-state index in [4.69, 9.17) is 5.73 Å². The second-order valence-electron chi connectivity index (χ2n) is 3.42. The Balaban J connectivity index is 2.55. The van der Waals surface area contributed by atoms with Crippen molar-refractivity contribution in [3.05, 3.63) is 35.4 Å². The number of hydrogen-bond donors (Lipinski definition) is 1. The van der Waals surface area contributed by atoms with Crippen LogP contribution in [0, 0.1) is 11.6 Å². The van der Waals surface area contributed by atoms with Crippen molar-refractivity contribution in [1.29, 1.82) is 0 Å². The van der Waals surface area contributed by atoms with Gasteiger partial charge >= 0.3 is 5.97 Å². The molecule has 16 heavy (non-hydrogen) atoms. The summed E-state index contributed by atoms with van der Waals surface area (Å²) in [6.07, 6.45) is 0.727. The number of carbonyl (C=O) groups excluding carboxylic acids is 1. The molecule has 88 valence electrons. The summed E-state index contributed by atoms with van der Waals surface area (Å²) in [5.74, 6) is -2.30. The number of methoxy groups -OCH3 is 1. The number of benzene rings is 1. The van der Waals surface area contributed by atoms with Gasteiger partial charge in [0.15, 0.2) is 11.6 Å². The van der Waals surface area contributed by atoms with E-state index in [0.29, 0.717) is 18.4 Å². The molecular weight excluding hydrogens is 216 g/mol. The van der Waals surface area contributed by atoms with Crippen molar-refractivity contribution in [3.8, 4) is 0 Å². The molecule has 1 aromatic carbocycles. The number of halogens is 2. The Kier molecular flexibility index (Phi) is 4.37. The van der Waals surface area contributed by atoms with Gasteiger partial charge in [-0.25, -0.2) is 8.78 Å². The van der Waals surface area contributed by atoms with Crippen molar-refractivity contribution in [1.82, 2.24) is 0 Å². The zero-order valence-corrected chi connectivity index (χ0v) is 8.87. The van der Waals surface area contributed by atoms with Crippen LogP contribution in [-0.2, 0) is 16.0 Å². The molecule has 0 amide bonds. The van der Waals surface area contributed by atoms with Gasteiger partial charge in [-0.05, 0) is 30.5 Å². The molecule has 0 bridgehead atoms. The zero-order chi connectivity index (χ0) is 12.1. The largest absolute Gasteiger partial charge is 0.468 e. The molecule has 0 heterocycles. The number of ether oxygens (including phenoxy) is 1. The molecule has 3 nitrogen and oxygen atoms in total. The molecule has 0 aromatic heterocycles. The topological polar surface area (TPSA) is 52.3 Å². The highest BCUT2D eigenvalue weighted by Gasteiger charge is 2.13. The van der Waals surface area contributed by atoms with Gasteiger partial charge in [0.25, 0.3) is 0 Å². The molecular formula is C11H13F2NO2. The maximum atomic E-state index is 12.8. The van der Waals surface area contributed by atoms with Crippen molar-refractivity contribution >= 4 is 5.97 Å².